The minimum absolute atomic E-state index is 0.0957. The third-order valence-corrected chi connectivity index (χ3v) is 2.81. The lowest BCUT2D eigenvalue weighted by molar-refractivity contribution is -0.121. The SMILES string of the molecule is CC(NC1CCCNC(=O)C1)c1ncn[nH]1. The molecule has 88 valence electrons. The smallest absolute Gasteiger partial charge is 0.221 e. The maximum absolute atomic E-state index is 11.4. The molecule has 1 aliphatic heterocycles. The van der Waals surface area contributed by atoms with Gasteiger partial charge in [0.2, 0.25) is 5.91 Å². The highest BCUT2D eigenvalue weighted by Crippen LogP contribution is 2.12. The largest absolute Gasteiger partial charge is 0.356 e. The number of nitrogens with one attached hydrogen (secondary N) is 3. The minimum Gasteiger partial charge on any atom is -0.356 e. The van der Waals surface area contributed by atoms with E-state index in [1.54, 1.807) is 0 Å². The van der Waals surface area contributed by atoms with Gasteiger partial charge in [-0.2, -0.15) is 5.10 Å². The fraction of sp³-hybridized carbons (Fsp3) is 0.700. The first-order valence-electron chi connectivity index (χ1n) is 5.63. The molecule has 0 spiro atoms. The van der Waals surface area contributed by atoms with Gasteiger partial charge < -0.3 is 10.6 Å². The number of carbonyl (C=O) groups excluding carboxylic acids is 1. The lowest BCUT2D eigenvalue weighted by atomic mass is 10.1. The molecule has 0 bridgehead atoms. The second-order valence-electron chi connectivity index (χ2n) is 4.15. The molecule has 2 atom stereocenters. The number of aromatic nitrogens is 3. The van der Waals surface area contributed by atoms with Gasteiger partial charge in [0.05, 0.1) is 6.04 Å². The van der Waals surface area contributed by atoms with Crippen molar-refractivity contribution in [2.75, 3.05) is 6.54 Å². The van der Waals surface area contributed by atoms with E-state index in [4.69, 9.17) is 0 Å². The van der Waals surface area contributed by atoms with E-state index in [9.17, 15) is 4.79 Å². The van der Waals surface area contributed by atoms with Crippen molar-refractivity contribution in [3.63, 3.8) is 0 Å². The average Bonchev–Trinajstić information content (AvgIpc) is 2.70. The summed E-state index contributed by atoms with van der Waals surface area (Å²) >= 11 is 0. The van der Waals surface area contributed by atoms with Crippen molar-refractivity contribution >= 4 is 5.91 Å². The van der Waals surface area contributed by atoms with E-state index in [1.165, 1.54) is 6.33 Å². The van der Waals surface area contributed by atoms with Crippen LogP contribution in [0.4, 0.5) is 0 Å². The van der Waals surface area contributed by atoms with Crippen LogP contribution in [0.2, 0.25) is 0 Å². The van der Waals surface area contributed by atoms with Gasteiger partial charge in [-0.1, -0.05) is 0 Å². The Morgan fingerprint density at radius 3 is 3.25 bits per heavy atom. The molecule has 1 aromatic heterocycles. The maximum atomic E-state index is 11.4. The van der Waals surface area contributed by atoms with E-state index in [0.29, 0.717) is 6.42 Å². The molecule has 0 aromatic carbocycles. The lowest BCUT2D eigenvalue weighted by Crippen LogP contribution is -2.34. The van der Waals surface area contributed by atoms with Crippen molar-refractivity contribution in [2.24, 2.45) is 0 Å². The number of H-pyrrole nitrogens is 1. The van der Waals surface area contributed by atoms with E-state index < -0.39 is 0 Å². The van der Waals surface area contributed by atoms with Gasteiger partial charge >= 0.3 is 0 Å². The number of aromatic amines is 1. The molecule has 16 heavy (non-hydrogen) atoms. The second kappa shape index (κ2) is 5.07. The van der Waals surface area contributed by atoms with Crippen LogP contribution < -0.4 is 10.6 Å². The number of amides is 1. The van der Waals surface area contributed by atoms with Gasteiger partial charge in [0.1, 0.15) is 12.2 Å². The van der Waals surface area contributed by atoms with E-state index >= 15 is 0 Å². The van der Waals surface area contributed by atoms with E-state index in [-0.39, 0.29) is 18.0 Å². The molecular formula is C10H17N5O. The molecule has 3 N–H and O–H groups in total. The van der Waals surface area contributed by atoms with E-state index in [2.05, 4.69) is 25.8 Å². The van der Waals surface area contributed by atoms with Crippen LogP contribution in [-0.4, -0.2) is 33.7 Å². The fourth-order valence-corrected chi connectivity index (χ4v) is 1.97. The van der Waals surface area contributed by atoms with Gasteiger partial charge in [0, 0.05) is 19.0 Å². The molecule has 1 fully saturated rings. The number of nitrogens with zero attached hydrogens (tertiary/aromatic N) is 2. The molecule has 2 unspecified atom stereocenters. The third-order valence-electron chi connectivity index (χ3n) is 2.81. The predicted molar refractivity (Wildman–Crippen MR) is 58.6 cm³/mol. The monoisotopic (exact) mass is 223 g/mol. The summed E-state index contributed by atoms with van der Waals surface area (Å²) in [5.41, 5.74) is 0. The first kappa shape index (κ1) is 11.1. The van der Waals surface area contributed by atoms with E-state index in [1.807, 2.05) is 6.92 Å². The van der Waals surface area contributed by atoms with Gasteiger partial charge in [-0.3, -0.25) is 9.89 Å². The molecule has 2 rings (SSSR count). The van der Waals surface area contributed by atoms with Gasteiger partial charge in [0.25, 0.3) is 0 Å². The molecule has 1 aromatic rings. The zero-order chi connectivity index (χ0) is 11.4. The zero-order valence-electron chi connectivity index (χ0n) is 9.36. The van der Waals surface area contributed by atoms with Crippen molar-refractivity contribution < 1.29 is 4.79 Å². The van der Waals surface area contributed by atoms with Crippen LogP contribution in [0, 0.1) is 0 Å². The molecule has 6 heteroatoms. The highest BCUT2D eigenvalue weighted by Gasteiger charge is 2.20. The summed E-state index contributed by atoms with van der Waals surface area (Å²) in [5.74, 6) is 0.935. The van der Waals surface area contributed by atoms with Crippen molar-refractivity contribution in [3.8, 4) is 0 Å². The summed E-state index contributed by atoms with van der Waals surface area (Å²) in [4.78, 5) is 15.5. The molecule has 1 saturated heterocycles. The molecule has 1 aliphatic rings. The van der Waals surface area contributed by atoms with Crippen molar-refractivity contribution in [2.45, 2.75) is 38.3 Å². The Morgan fingerprint density at radius 1 is 1.62 bits per heavy atom. The first-order valence-corrected chi connectivity index (χ1v) is 5.63. The Labute approximate surface area is 94.2 Å². The van der Waals surface area contributed by atoms with Gasteiger partial charge in [-0.15, -0.1) is 0 Å². The van der Waals surface area contributed by atoms with Crippen LogP contribution in [0.25, 0.3) is 0 Å². The first-order chi connectivity index (χ1) is 7.75. The fourth-order valence-electron chi connectivity index (χ4n) is 1.97. The van der Waals surface area contributed by atoms with Crippen LogP contribution in [0.5, 0.6) is 0 Å². The molecule has 6 nitrogen and oxygen atoms in total. The van der Waals surface area contributed by atoms with Crippen LogP contribution in [-0.2, 0) is 4.79 Å². The van der Waals surface area contributed by atoms with Crippen LogP contribution in [0.1, 0.15) is 38.1 Å². The molecule has 0 aliphatic carbocycles. The summed E-state index contributed by atoms with van der Waals surface area (Å²) in [6.45, 7) is 2.80. The van der Waals surface area contributed by atoms with Crippen LogP contribution in [0.15, 0.2) is 6.33 Å². The Bertz CT molecular complexity index is 337. The van der Waals surface area contributed by atoms with Crippen LogP contribution >= 0.6 is 0 Å². The van der Waals surface area contributed by atoms with Gasteiger partial charge in [-0.25, -0.2) is 4.98 Å². The lowest BCUT2D eigenvalue weighted by Gasteiger charge is -2.19. The van der Waals surface area contributed by atoms with Gasteiger partial charge in [-0.05, 0) is 19.8 Å². The summed E-state index contributed by atoms with van der Waals surface area (Å²) in [5, 5.41) is 12.9. The minimum atomic E-state index is 0.0957. The maximum Gasteiger partial charge on any atom is 0.221 e. The molecule has 1 amide bonds. The molecule has 0 saturated carbocycles. The molecule has 0 radical (unpaired) electrons. The highest BCUT2D eigenvalue weighted by atomic mass is 16.1. The Balaban J connectivity index is 1.90. The van der Waals surface area contributed by atoms with Crippen molar-refractivity contribution in [3.05, 3.63) is 12.2 Å². The summed E-state index contributed by atoms with van der Waals surface area (Å²) < 4.78 is 0. The summed E-state index contributed by atoms with van der Waals surface area (Å²) in [7, 11) is 0. The third kappa shape index (κ3) is 2.79. The Morgan fingerprint density at radius 2 is 2.50 bits per heavy atom. The van der Waals surface area contributed by atoms with E-state index in [0.717, 1.165) is 25.2 Å². The highest BCUT2D eigenvalue weighted by molar-refractivity contribution is 5.76. The standard InChI is InChI=1S/C10H17N5O/c1-7(10-12-6-13-15-10)14-8-3-2-4-11-9(16)5-8/h6-8,14H,2-5H2,1H3,(H,11,16)(H,12,13,15). The number of carbonyl (C=O) groups is 1. The quantitative estimate of drug-likeness (QED) is 0.680. The van der Waals surface area contributed by atoms with Crippen molar-refractivity contribution in [1.82, 2.24) is 25.8 Å². The topological polar surface area (TPSA) is 82.7 Å². The zero-order valence-corrected chi connectivity index (χ0v) is 9.36. The normalized spacial score (nSPS) is 23.6. The Hall–Kier alpha value is -1.43. The van der Waals surface area contributed by atoms with Gasteiger partial charge in [0.15, 0.2) is 0 Å². The second-order valence-corrected chi connectivity index (χ2v) is 4.15. The van der Waals surface area contributed by atoms with Crippen molar-refractivity contribution in [1.29, 1.82) is 0 Å². The average molecular weight is 223 g/mol. The Kier molecular flexibility index (Phi) is 3.51. The predicted octanol–water partition coefficient (Wildman–Crippen LogP) is 0.124. The molecular weight excluding hydrogens is 206 g/mol. The number of hydrogen-bond acceptors (Lipinski definition) is 4. The molecule has 2 heterocycles. The van der Waals surface area contributed by atoms with Crippen LogP contribution in [0.3, 0.4) is 0 Å². The number of hydrogen-bond donors (Lipinski definition) is 3. The summed E-state index contributed by atoms with van der Waals surface area (Å²) in [6, 6.07) is 0.320. The number of rotatable bonds is 3. The summed E-state index contributed by atoms with van der Waals surface area (Å²) in [6.07, 6.45) is 4.07.